The molecule has 0 heterocycles. The molecule has 21 heavy (non-hydrogen) atoms. The van der Waals surface area contributed by atoms with Crippen molar-refractivity contribution in [1.82, 2.24) is 5.43 Å². The molecule has 5 nitrogen and oxygen atoms in total. The van der Waals surface area contributed by atoms with Crippen LogP contribution in [0.25, 0.3) is 0 Å². The van der Waals surface area contributed by atoms with Gasteiger partial charge in [0.1, 0.15) is 5.75 Å². The van der Waals surface area contributed by atoms with Gasteiger partial charge in [-0.25, -0.2) is 10.8 Å². The van der Waals surface area contributed by atoms with Gasteiger partial charge >= 0.3 is 0 Å². The molecule has 1 saturated carbocycles. The van der Waals surface area contributed by atoms with Crippen molar-refractivity contribution >= 4 is 43.5 Å². The summed E-state index contributed by atoms with van der Waals surface area (Å²) >= 11 is 6.97. The number of ether oxygens (including phenoxy) is 1. The minimum Gasteiger partial charge on any atom is -0.495 e. The molecule has 1 aliphatic rings. The predicted molar refractivity (Wildman–Crippen MR) is 93.6 cm³/mol. The van der Waals surface area contributed by atoms with E-state index in [1.807, 2.05) is 12.1 Å². The molecule has 1 aromatic carbocycles. The third-order valence-electron chi connectivity index (χ3n) is 3.52. The van der Waals surface area contributed by atoms with Gasteiger partial charge in [-0.05, 0) is 50.8 Å². The maximum absolute atomic E-state index is 5.59. The Morgan fingerprint density at radius 1 is 1.24 bits per heavy atom. The SMILES string of the molecule is COc1cc(NC(=NC2CCCCC2)NN)c(Br)cc1Br. The van der Waals surface area contributed by atoms with Crippen molar-refractivity contribution in [3.8, 4) is 5.75 Å². The number of halogens is 2. The van der Waals surface area contributed by atoms with Crippen LogP contribution in [0, 0.1) is 0 Å². The Bertz CT molecular complexity index is 516. The number of anilines is 1. The van der Waals surface area contributed by atoms with Gasteiger partial charge in [0.25, 0.3) is 0 Å². The van der Waals surface area contributed by atoms with Crippen molar-refractivity contribution in [1.29, 1.82) is 0 Å². The number of guanidine groups is 1. The van der Waals surface area contributed by atoms with E-state index in [-0.39, 0.29) is 0 Å². The molecule has 7 heteroatoms. The van der Waals surface area contributed by atoms with E-state index in [9.17, 15) is 0 Å². The number of hydrazine groups is 1. The fourth-order valence-corrected chi connectivity index (χ4v) is 3.66. The van der Waals surface area contributed by atoms with Crippen LogP contribution in [0.5, 0.6) is 5.75 Å². The minimum absolute atomic E-state index is 0.341. The number of aliphatic imine (C=N–C) groups is 1. The van der Waals surface area contributed by atoms with E-state index in [0.29, 0.717) is 12.0 Å². The highest BCUT2D eigenvalue weighted by molar-refractivity contribution is 9.11. The number of benzene rings is 1. The quantitative estimate of drug-likeness (QED) is 0.301. The first-order valence-electron chi connectivity index (χ1n) is 6.98. The number of rotatable bonds is 3. The number of methoxy groups -OCH3 is 1. The van der Waals surface area contributed by atoms with Crippen molar-refractivity contribution in [3.05, 3.63) is 21.1 Å². The zero-order valence-corrected chi connectivity index (χ0v) is 15.1. The van der Waals surface area contributed by atoms with E-state index in [1.165, 1.54) is 19.3 Å². The molecular weight excluding hydrogens is 400 g/mol. The standard InChI is InChI=1S/C14H20Br2N4O/c1-21-13-8-12(10(15)7-11(13)16)19-14(20-17)18-9-5-3-2-4-6-9/h7-9H,2-6,17H2,1H3,(H2,18,19,20). The van der Waals surface area contributed by atoms with Crippen LogP contribution in [0.4, 0.5) is 5.69 Å². The Morgan fingerprint density at radius 3 is 2.57 bits per heavy atom. The topological polar surface area (TPSA) is 71.7 Å². The molecule has 0 unspecified atom stereocenters. The van der Waals surface area contributed by atoms with Gasteiger partial charge in [-0.15, -0.1) is 0 Å². The molecule has 0 amide bonds. The average Bonchev–Trinajstić information content (AvgIpc) is 2.50. The number of nitrogens with two attached hydrogens (primary N) is 1. The number of hydrogen-bond acceptors (Lipinski definition) is 3. The summed E-state index contributed by atoms with van der Waals surface area (Å²) in [6, 6.07) is 4.16. The first kappa shape index (κ1) is 16.6. The summed E-state index contributed by atoms with van der Waals surface area (Å²) in [6.07, 6.45) is 6.03. The van der Waals surface area contributed by atoms with Crippen LogP contribution in [0.2, 0.25) is 0 Å². The predicted octanol–water partition coefficient (Wildman–Crippen LogP) is 3.78. The molecule has 1 aliphatic carbocycles. The molecule has 0 radical (unpaired) electrons. The fourth-order valence-electron chi connectivity index (χ4n) is 2.41. The van der Waals surface area contributed by atoms with Gasteiger partial charge in [-0.3, -0.25) is 5.43 Å². The van der Waals surface area contributed by atoms with E-state index < -0.39 is 0 Å². The zero-order valence-electron chi connectivity index (χ0n) is 12.0. The van der Waals surface area contributed by atoms with Crippen molar-refractivity contribution in [3.63, 3.8) is 0 Å². The molecule has 1 fully saturated rings. The molecule has 0 saturated heterocycles. The average molecular weight is 420 g/mol. The third kappa shape index (κ3) is 4.59. The van der Waals surface area contributed by atoms with Gasteiger partial charge in [0.15, 0.2) is 0 Å². The lowest BCUT2D eigenvalue weighted by atomic mass is 9.96. The Balaban J connectivity index is 2.15. The first-order chi connectivity index (χ1) is 10.1. The fraction of sp³-hybridized carbons (Fsp3) is 0.500. The van der Waals surface area contributed by atoms with Crippen LogP contribution in [0.1, 0.15) is 32.1 Å². The Hall–Kier alpha value is -0.790. The van der Waals surface area contributed by atoms with Gasteiger partial charge in [0, 0.05) is 10.5 Å². The van der Waals surface area contributed by atoms with Gasteiger partial charge < -0.3 is 10.1 Å². The Labute approximate surface area is 141 Å². The molecule has 0 atom stereocenters. The highest BCUT2D eigenvalue weighted by atomic mass is 79.9. The number of hydrogen-bond donors (Lipinski definition) is 3. The molecule has 0 bridgehead atoms. The Morgan fingerprint density at radius 2 is 1.95 bits per heavy atom. The van der Waals surface area contributed by atoms with Crippen molar-refractivity contribution < 1.29 is 4.74 Å². The summed E-state index contributed by atoms with van der Waals surface area (Å²) in [5, 5.41) is 3.21. The molecule has 0 aromatic heterocycles. The zero-order chi connectivity index (χ0) is 15.2. The van der Waals surface area contributed by atoms with E-state index in [0.717, 1.165) is 33.2 Å². The lowest BCUT2D eigenvalue weighted by Gasteiger charge is -2.20. The van der Waals surface area contributed by atoms with Crippen LogP contribution >= 0.6 is 31.9 Å². The second kappa shape index (κ2) is 8.00. The summed E-state index contributed by atoms with van der Waals surface area (Å²) in [6.45, 7) is 0. The van der Waals surface area contributed by atoms with Crippen LogP contribution in [-0.4, -0.2) is 19.1 Å². The van der Waals surface area contributed by atoms with E-state index >= 15 is 0 Å². The third-order valence-corrected chi connectivity index (χ3v) is 4.79. The van der Waals surface area contributed by atoms with Crippen LogP contribution in [-0.2, 0) is 0 Å². The maximum atomic E-state index is 5.59. The van der Waals surface area contributed by atoms with E-state index in [2.05, 4.69) is 47.6 Å². The monoisotopic (exact) mass is 418 g/mol. The Kier molecular flexibility index (Phi) is 6.32. The first-order valence-corrected chi connectivity index (χ1v) is 8.57. The molecule has 116 valence electrons. The summed E-state index contributed by atoms with van der Waals surface area (Å²) < 4.78 is 7.09. The highest BCUT2D eigenvalue weighted by Gasteiger charge is 2.14. The van der Waals surface area contributed by atoms with Crippen molar-refractivity contribution in [2.45, 2.75) is 38.1 Å². The van der Waals surface area contributed by atoms with E-state index in [1.54, 1.807) is 7.11 Å². The lowest BCUT2D eigenvalue weighted by Crippen LogP contribution is -2.37. The molecule has 4 N–H and O–H groups in total. The van der Waals surface area contributed by atoms with Crippen molar-refractivity contribution in [2.75, 3.05) is 12.4 Å². The molecule has 0 spiro atoms. The smallest absolute Gasteiger partial charge is 0.210 e. The van der Waals surface area contributed by atoms with Gasteiger partial charge in [0.05, 0.1) is 23.3 Å². The van der Waals surface area contributed by atoms with Gasteiger partial charge in [-0.1, -0.05) is 19.3 Å². The van der Waals surface area contributed by atoms with Crippen LogP contribution < -0.4 is 21.3 Å². The summed E-state index contributed by atoms with van der Waals surface area (Å²) in [5.74, 6) is 6.91. The second-order valence-corrected chi connectivity index (χ2v) is 6.71. The van der Waals surface area contributed by atoms with E-state index in [4.69, 9.17) is 10.6 Å². The molecule has 0 aliphatic heterocycles. The molecule has 1 aromatic rings. The normalized spacial score (nSPS) is 16.7. The molecule has 2 rings (SSSR count). The minimum atomic E-state index is 0.341. The second-order valence-electron chi connectivity index (χ2n) is 5.01. The van der Waals surface area contributed by atoms with Gasteiger partial charge in [-0.2, -0.15) is 0 Å². The van der Waals surface area contributed by atoms with Gasteiger partial charge in [0.2, 0.25) is 5.96 Å². The largest absolute Gasteiger partial charge is 0.495 e. The summed E-state index contributed by atoms with van der Waals surface area (Å²) in [4.78, 5) is 4.66. The van der Waals surface area contributed by atoms with Crippen LogP contribution in [0.15, 0.2) is 26.1 Å². The highest BCUT2D eigenvalue weighted by Crippen LogP contribution is 2.34. The lowest BCUT2D eigenvalue weighted by molar-refractivity contribution is 0.412. The summed E-state index contributed by atoms with van der Waals surface area (Å²) in [7, 11) is 1.63. The summed E-state index contributed by atoms with van der Waals surface area (Å²) in [5.41, 5.74) is 3.49. The maximum Gasteiger partial charge on any atom is 0.210 e. The molecular formula is C14H20Br2N4O. The van der Waals surface area contributed by atoms with Crippen LogP contribution in [0.3, 0.4) is 0 Å². The number of nitrogens with zero attached hydrogens (tertiary/aromatic N) is 1. The number of nitrogens with one attached hydrogen (secondary N) is 2. The van der Waals surface area contributed by atoms with Crippen molar-refractivity contribution in [2.24, 2.45) is 10.8 Å².